The van der Waals surface area contributed by atoms with Crippen LogP contribution in [0.1, 0.15) is 25.3 Å². The lowest BCUT2D eigenvalue weighted by Gasteiger charge is -2.26. The van der Waals surface area contributed by atoms with Crippen molar-refractivity contribution in [1.82, 2.24) is 10.2 Å². The van der Waals surface area contributed by atoms with E-state index in [0.717, 1.165) is 38.7 Å². The van der Waals surface area contributed by atoms with E-state index >= 15 is 0 Å². The third-order valence-corrected chi connectivity index (χ3v) is 4.03. The molecule has 0 aliphatic carbocycles. The van der Waals surface area contributed by atoms with Crippen LogP contribution in [0.15, 0.2) is 29.3 Å². The fourth-order valence-electron chi connectivity index (χ4n) is 2.86. The number of anilines is 1. The van der Waals surface area contributed by atoms with Gasteiger partial charge < -0.3 is 15.1 Å². The summed E-state index contributed by atoms with van der Waals surface area (Å²) in [4.78, 5) is 9.14. The number of halogens is 1. The minimum absolute atomic E-state index is 0. The summed E-state index contributed by atoms with van der Waals surface area (Å²) >= 11 is 0. The Balaban J connectivity index is 0.00000242. The highest BCUT2D eigenvalue weighted by atomic mass is 127. The Bertz CT molecular complexity index is 469. The van der Waals surface area contributed by atoms with E-state index in [9.17, 15) is 0 Å². The second-order valence-corrected chi connectivity index (χ2v) is 5.59. The van der Waals surface area contributed by atoms with Crippen LogP contribution >= 0.6 is 24.0 Å². The largest absolute Gasteiger partial charge is 0.370 e. The van der Waals surface area contributed by atoms with Gasteiger partial charge in [0.25, 0.3) is 0 Å². The number of likely N-dealkylation sites (N-methyl/N-ethyl adjacent to an activating group) is 1. The lowest BCUT2D eigenvalue weighted by Crippen LogP contribution is -2.43. The Hall–Kier alpha value is -0.980. The monoisotopic (exact) mass is 416 g/mol. The Morgan fingerprint density at radius 1 is 1.32 bits per heavy atom. The number of likely N-dealkylation sites (tertiary alicyclic amines) is 1. The highest BCUT2D eigenvalue weighted by molar-refractivity contribution is 14.0. The predicted molar refractivity (Wildman–Crippen MR) is 107 cm³/mol. The van der Waals surface area contributed by atoms with Crippen molar-refractivity contribution in [3.63, 3.8) is 0 Å². The molecule has 1 fully saturated rings. The van der Waals surface area contributed by atoms with Crippen LogP contribution in [-0.2, 0) is 0 Å². The maximum atomic E-state index is 4.39. The first kappa shape index (κ1) is 19.1. The third kappa shape index (κ3) is 5.34. The molecule has 1 heterocycles. The lowest BCUT2D eigenvalue weighted by molar-refractivity contribution is 0.494. The first-order chi connectivity index (χ1) is 10.2. The molecule has 0 bridgehead atoms. The van der Waals surface area contributed by atoms with E-state index in [1.54, 1.807) is 0 Å². The van der Waals surface area contributed by atoms with Gasteiger partial charge in [0, 0.05) is 45.5 Å². The summed E-state index contributed by atoms with van der Waals surface area (Å²) in [6.07, 6.45) is 2.57. The van der Waals surface area contributed by atoms with Gasteiger partial charge in [-0.3, -0.25) is 4.99 Å². The molecule has 0 spiro atoms. The highest BCUT2D eigenvalue weighted by Gasteiger charge is 2.15. The fraction of sp³-hybridized carbons (Fsp3) is 0.588. The molecule has 124 valence electrons. The quantitative estimate of drug-likeness (QED) is 0.455. The summed E-state index contributed by atoms with van der Waals surface area (Å²) in [5.41, 5.74) is 2.61. The van der Waals surface area contributed by atoms with Crippen LogP contribution < -0.4 is 10.2 Å². The van der Waals surface area contributed by atoms with Gasteiger partial charge in [-0.1, -0.05) is 12.1 Å². The van der Waals surface area contributed by atoms with Crippen LogP contribution in [0.2, 0.25) is 0 Å². The lowest BCUT2D eigenvalue weighted by atomic mass is 10.2. The molecule has 0 atom stereocenters. The van der Waals surface area contributed by atoms with E-state index in [1.165, 1.54) is 24.1 Å². The summed E-state index contributed by atoms with van der Waals surface area (Å²) in [5, 5.41) is 3.49. The zero-order chi connectivity index (χ0) is 15.1. The molecule has 1 N–H and O–H groups in total. The SMILES string of the molecule is CCN(CCNC(=NC)N1CCCC1)c1cccc(C)c1.I. The fourth-order valence-corrected chi connectivity index (χ4v) is 2.86. The number of aryl methyl sites for hydroxylation is 1. The zero-order valence-electron chi connectivity index (χ0n) is 14.0. The van der Waals surface area contributed by atoms with Gasteiger partial charge in [0.2, 0.25) is 0 Å². The summed E-state index contributed by atoms with van der Waals surface area (Å²) < 4.78 is 0. The molecule has 22 heavy (non-hydrogen) atoms. The summed E-state index contributed by atoms with van der Waals surface area (Å²) in [6.45, 7) is 9.55. The number of nitrogens with zero attached hydrogens (tertiary/aromatic N) is 3. The van der Waals surface area contributed by atoms with Gasteiger partial charge >= 0.3 is 0 Å². The molecule has 0 saturated carbocycles. The number of rotatable bonds is 5. The Labute approximate surface area is 152 Å². The van der Waals surface area contributed by atoms with Gasteiger partial charge in [-0.05, 0) is 44.4 Å². The molecule has 0 radical (unpaired) electrons. The maximum Gasteiger partial charge on any atom is 0.193 e. The maximum absolute atomic E-state index is 4.39. The molecule has 0 amide bonds. The molecule has 1 aliphatic rings. The first-order valence-electron chi connectivity index (χ1n) is 8.01. The topological polar surface area (TPSA) is 30.9 Å². The molecular weight excluding hydrogens is 387 g/mol. The second-order valence-electron chi connectivity index (χ2n) is 5.59. The Morgan fingerprint density at radius 3 is 2.64 bits per heavy atom. The molecule has 4 nitrogen and oxygen atoms in total. The van der Waals surface area contributed by atoms with Crippen molar-refractivity contribution in [3.05, 3.63) is 29.8 Å². The van der Waals surface area contributed by atoms with Gasteiger partial charge in [0.15, 0.2) is 5.96 Å². The van der Waals surface area contributed by atoms with E-state index in [0.29, 0.717) is 0 Å². The van der Waals surface area contributed by atoms with Gasteiger partial charge in [0.1, 0.15) is 0 Å². The molecule has 0 unspecified atom stereocenters. The van der Waals surface area contributed by atoms with Gasteiger partial charge in [-0.15, -0.1) is 24.0 Å². The van der Waals surface area contributed by atoms with E-state index in [1.807, 2.05) is 7.05 Å². The molecular formula is C17H29IN4. The molecule has 5 heteroatoms. The minimum Gasteiger partial charge on any atom is -0.370 e. The van der Waals surface area contributed by atoms with E-state index < -0.39 is 0 Å². The zero-order valence-corrected chi connectivity index (χ0v) is 16.3. The molecule has 1 aliphatic heterocycles. The second kappa shape index (κ2) is 9.92. The van der Waals surface area contributed by atoms with Gasteiger partial charge in [-0.2, -0.15) is 0 Å². The number of nitrogens with one attached hydrogen (secondary N) is 1. The average molecular weight is 416 g/mol. The number of benzene rings is 1. The molecule has 2 rings (SSSR count). The normalized spacial score (nSPS) is 14.7. The number of hydrogen-bond acceptors (Lipinski definition) is 2. The van der Waals surface area contributed by atoms with E-state index in [4.69, 9.17) is 0 Å². The smallest absolute Gasteiger partial charge is 0.193 e. The summed E-state index contributed by atoms with van der Waals surface area (Å²) in [7, 11) is 1.87. The van der Waals surface area contributed by atoms with Crippen molar-refractivity contribution in [2.75, 3.05) is 44.7 Å². The van der Waals surface area contributed by atoms with Crippen LogP contribution in [0, 0.1) is 6.92 Å². The van der Waals surface area contributed by atoms with Crippen molar-refractivity contribution < 1.29 is 0 Å². The summed E-state index contributed by atoms with van der Waals surface area (Å²) in [6, 6.07) is 8.71. The van der Waals surface area contributed by atoms with Crippen LogP contribution in [0.4, 0.5) is 5.69 Å². The van der Waals surface area contributed by atoms with Crippen LogP contribution in [0.3, 0.4) is 0 Å². The van der Waals surface area contributed by atoms with Crippen molar-refractivity contribution in [1.29, 1.82) is 0 Å². The van der Waals surface area contributed by atoms with Gasteiger partial charge in [-0.25, -0.2) is 0 Å². The molecule has 1 aromatic rings. The Kier molecular flexibility index (Phi) is 8.60. The number of guanidine groups is 1. The molecule has 1 aromatic carbocycles. The van der Waals surface area contributed by atoms with E-state index in [-0.39, 0.29) is 24.0 Å². The molecule has 1 saturated heterocycles. The van der Waals surface area contributed by atoms with Crippen LogP contribution in [0.25, 0.3) is 0 Å². The van der Waals surface area contributed by atoms with Crippen molar-refractivity contribution >= 4 is 35.6 Å². The average Bonchev–Trinajstić information content (AvgIpc) is 3.01. The number of hydrogen-bond donors (Lipinski definition) is 1. The van der Waals surface area contributed by atoms with Crippen molar-refractivity contribution in [2.45, 2.75) is 26.7 Å². The van der Waals surface area contributed by atoms with Gasteiger partial charge in [0.05, 0.1) is 0 Å². The predicted octanol–water partition coefficient (Wildman–Crippen LogP) is 3.11. The van der Waals surface area contributed by atoms with Crippen LogP contribution in [-0.4, -0.2) is 50.6 Å². The highest BCUT2D eigenvalue weighted by Crippen LogP contribution is 2.15. The first-order valence-corrected chi connectivity index (χ1v) is 8.01. The number of aliphatic imine (C=N–C) groups is 1. The minimum atomic E-state index is 0. The van der Waals surface area contributed by atoms with Crippen molar-refractivity contribution in [2.24, 2.45) is 4.99 Å². The standard InChI is InChI=1S/C17H28N4.HI/c1-4-20(16-9-7-8-15(2)14-16)13-10-19-17(18-3)21-11-5-6-12-21;/h7-9,14H,4-6,10-13H2,1-3H3,(H,18,19);1H. The van der Waals surface area contributed by atoms with Crippen LogP contribution in [0.5, 0.6) is 0 Å². The Morgan fingerprint density at radius 2 is 2.05 bits per heavy atom. The summed E-state index contributed by atoms with van der Waals surface area (Å²) in [5.74, 6) is 1.05. The molecule has 0 aromatic heterocycles. The third-order valence-electron chi connectivity index (χ3n) is 4.03. The van der Waals surface area contributed by atoms with E-state index in [2.05, 4.69) is 58.2 Å². The van der Waals surface area contributed by atoms with Crippen molar-refractivity contribution in [3.8, 4) is 0 Å².